The Balaban J connectivity index is 2.18. The zero-order valence-electron chi connectivity index (χ0n) is 12.2. The number of hydrogen-bond donors (Lipinski definition) is 0. The number of halogens is 1. The molecular formula is C16H20ClNO3. The summed E-state index contributed by atoms with van der Waals surface area (Å²) >= 11 is 5.89. The molecule has 1 fully saturated rings. The summed E-state index contributed by atoms with van der Waals surface area (Å²) in [5.41, 5.74) is 0.810. The smallest absolute Gasteiger partial charge is 0.306 e. The van der Waals surface area contributed by atoms with E-state index in [0.29, 0.717) is 11.6 Å². The number of amides is 1. The molecule has 1 saturated heterocycles. The molecule has 1 heterocycles. The summed E-state index contributed by atoms with van der Waals surface area (Å²) in [5, 5.41) is 0.613. The fourth-order valence-electron chi connectivity index (χ4n) is 2.59. The first-order valence-corrected chi connectivity index (χ1v) is 7.69. The van der Waals surface area contributed by atoms with Crippen molar-refractivity contribution < 1.29 is 14.3 Å². The molecule has 0 N–H and O–H groups in total. The average molecular weight is 310 g/mol. The predicted molar refractivity (Wildman–Crippen MR) is 81.3 cm³/mol. The summed E-state index contributed by atoms with van der Waals surface area (Å²) in [5.74, 6) is -0.827. The van der Waals surface area contributed by atoms with Crippen LogP contribution in [0.4, 0.5) is 0 Å². The second-order valence-corrected chi connectivity index (χ2v) is 5.58. The standard InChI is InChI=1S/C16H20ClNO3/c1-2-21-15(19)11-14(12-5-7-13(17)8-6-12)16(20)18-9-3-4-10-18/h5-8,14H,2-4,9-11H2,1H3. The van der Waals surface area contributed by atoms with E-state index in [9.17, 15) is 9.59 Å². The van der Waals surface area contributed by atoms with Crippen LogP contribution in [0.1, 0.15) is 37.7 Å². The zero-order valence-corrected chi connectivity index (χ0v) is 12.9. The molecule has 1 aromatic carbocycles. The van der Waals surface area contributed by atoms with Crippen LogP contribution in [-0.4, -0.2) is 36.5 Å². The van der Waals surface area contributed by atoms with E-state index in [1.807, 2.05) is 4.90 Å². The topological polar surface area (TPSA) is 46.6 Å². The van der Waals surface area contributed by atoms with Crippen LogP contribution in [0.2, 0.25) is 5.02 Å². The second kappa shape index (κ2) is 7.46. The van der Waals surface area contributed by atoms with Gasteiger partial charge in [0.25, 0.3) is 0 Å². The van der Waals surface area contributed by atoms with E-state index in [-0.39, 0.29) is 18.3 Å². The van der Waals surface area contributed by atoms with Crippen LogP contribution in [0.25, 0.3) is 0 Å². The molecule has 1 unspecified atom stereocenters. The van der Waals surface area contributed by atoms with Crippen molar-refractivity contribution in [2.45, 2.75) is 32.1 Å². The monoisotopic (exact) mass is 309 g/mol. The van der Waals surface area contributed by atoms with Crippen LogP contribution in [-0.2, 0) is 14.3 Å². The summed E-state index contributed by atoms with van der Waals surface area (Å²) < 4.78 is 4.99. The van der Waals surface area contributed by atoms with Crippen molar-refractivity contribution >= 4 is 23.5 Å². The molecule has 0 saturated carbocycles. The lowest BCUT2D eigenvalue weighted by molar-refractivity contribution is -0.146. The first-order valence-electron chi connectivity index (χ1n) is 7.31. The van der Waals surface area contributed by atoms with Crippen molar-refractivity contribution in [3.05, 3.63) is 34.9 Å². The zero-order chi connectivity index (χ0) is 15.2. The van der Waals surface area contributed by atoms with E-state index in [1.54, 1.807) is 31.2 Å². The summed E-state index contributed by atoms with van der Waals surface area (Å²) in [7, 11) is 0. The number of esters is 1. The minimum Gasteiger partial charge on any atom is -0.466 e. The summed E-state index contributed by atoms with van der Waals surface area (Å²) in [4.78, 5) is 26.3. The van der Waals surface area contributed by atoms with Gasteiger partial charge in [-0.3, -0.25) is 9.59 Å². The van der Waals surface area contributed by atoms with E-state index < -0.39 is 5.92 Å². The van der Waals surface area contributed by atoms with Gasteiger partial charge in [-0.25, -0.2) is 0 Å². The van der Waals surface area contributed by atoms with Gasteiger partial charge in [0.05, 0.1) is 18.9 Å². The molecule has 1 aromatic rings. The largest absolute Gasteiger partial charge is 0.466 e. The van der Waals surface area contributed by atoms with Crippen LogP contribution in [0.15, 0.2) is 24.3 Å². The summed E-state index contributed by atoms with van der Waals surface area (Å²) in [6.07, 6.45) is 2.13. The van der Waals surface area contributed by atoms with Gasteiger partial charge in [0.15, 0.2) is 0 Å². The molecule has 1 aliphatic heterocycles. The summed E-state index contributed by atoms with van der Waals surface area (Å²) in [6, 6.07) is 7.10. The number of benzene rings is 1. The molecule has 5 heteroatoms. The number of hydrogen-bond acceptors (Lipinski definition) is 3. The lowest BCUT2D eigenvalue weighted by atomic mass is 9.94. The third kappa shape index (κ3) is 4.21. The first kappa shape index (κ1) is 15.8. The van der Waals surface area contributed by atoms with Crippen molar-refractivity contribution in [3.63, 3.8) is 0 Å². The van der Waals surface area contributed by atoms with Gasteiger partial charge >= 0.3 is 5.97 Å². The van der Waals surface area contributed by atoms with E-state index in [4.69, 9.17) is 16.3 Å². The fourth-order valence-corrected chi connectivity index (χ4v) is 2.71. The lowest BCUT2D eigenvalue weighted by Gasteiger charge is -2.23. The van der Waals surface area contributed by atoms with Gasteiger partial charge in [-0.2, -0.15) is 0 Å². The number of rotatable bonds is 5. The minimum absolute atomic E-state index is 0.00266. The predicted octanol–water partition coefficient (Wildman–Crippen LogP) is 3.00. The molecule has 1 aliphatic rings. The highest BCUT2D eigenvalue weighted by molar-refractivity contribution is 6.30. The third-order valence-electron chi connectivity index (χ3n) is 3.66. The Morgan fingerprint density at radius 2 is 1.86 bits per heavy atom. The Kier molecular flexibility index (Phi) is 5.62. The van der Waals surface area contributed by atoms with Gasteiger partial charge in [-0.05, 0) is 37.5 Å². The van der Waals surface area contributed by atoms with Crippen molar-refractivity contribution in [2.75, 3.05) is 19.7 Å². The molecule has 0 radical (unpaired) electrons. The van der Waals surface area contributed by atoms with Crippen LogP contribution >= 0.6 is 11.6 Å². The molecule has 114 valence electrons. The molecule has 0 spiro atoms. The molecule has 0 aliphatic carbocycles. The van der Waals surface area contributed by atoms with Gasteiger partial charge in [-0.15, -0.1) is 0 Å². The summed E-state index contributed by atoms with van der Waals surface area (Å²) in [6.45, 7) is 3.62. The average Bonchev–Trinajstić information content (AvgIpc) is 3.00. The first-order chi connectivity index (χ1) is 10.1. The molecule has 0 bridgehead atoms. The highest BCUT2D eigenvalue weighted by atomic mass is 35.5. The fraction of sp³-hybridized carbons (Fsp3) is 0.500. The molecular weight excluding hydrogens is 290 g/mol. The Hall–Kier alpha value is -1.55. The lowest BCUT2D eigenvalue weighted by Crippen LogP contribution is -2.34. The molecule has 2 rings (SSSR count). The molecule has 1 amide bonds. The van der Waals surface area contributed by atoms with Gasteiger partial charge in [0, 0.05) is 18.1 Å². The van der Waals surface area contributed by atoms with Crippen LogP contribution < -0.4 is 0 Å². The van der Waals surface area contributed by atoms with E-state index in [1.165, 1.54) is 0 Å². The van der Waals surface area contributed by atoms with E-state index >= 15 is 0 Å². The van der Waals surface area contributed by atoms with Gasteiger partial charge in [0.2, 0.25) is 5.91 Å². The molecule has 0 aromatic heterocycles. The molecule has 4 nitrogen and oxygen atoms in total. The highest BCUT2D eigenvalue weighted by Crippen LogP contribution is 2.26. The molecule has 1 atom stereocenters. The number of ether oxygens (including phenoxy) is 1. The maximum absolute atomic E-state index is 12.7. The maximum atomic E-state index is 12.7. The van der Waals surface area contributed by atoms with Gasteiger partial charge in [0.1, 0.15) is 0 Å². The number of carbonyl (C=O) groups is 2. The van der Waals surface area contributed by atoms with Crippen molar-refractivity contribution in [1.82, 2.24) is 4.90 Å². The number of carbonyl (C=O) groups excluding carboxylic acids is 2. The van der Waals surface area contributed by atoms with Crippen molar-refractivity contribution in [1.29, 1.82) is 0 Å². The SMILES string of the molecule is CCOC(=O)CC(C(=O)N1CCCC1)c1ccc(Cl)cc1. The highest BCUT2D eigenvalue weighted by Gasteiger charge is 2.30. The number of nitrogens with zero attached hydrogens (tertiary/aromatic N) is 1. The second-order valence-electron chi connectivity index (χ2n) is 5.15. The third-order valence-corrected chi connectivity index (χ3v) is 3.92. The minimum atomic E-state index is -0.487. The van der Waals surface area contributed by atoms with Gasteiger partial charge in [-0.1, -0.05) is 23.7 Å². The quantitative estimate of drug-likeness (QED) is 0.786. The van der Waals surface area contributed by atoms with Crippen LogP contribution in [0.3, 0.4) is 0 Å². The Bertz CT molecular complexity index is 495. The van der Waals surface area contributed by atoms with Gasteiger partial charge < -0.3 is 9.64 Å². The van der Waals surface area contributed by atoms with Crippen molar-refractivity contribution in [2.24, 2.45) is 0 Å². The number of likely N-dealkylation sites (tertiary alicyclic amines) is 1. The van der Waals surface area contributed by atoms with Crippen LogP contribution in [0.5, 0.6) is 0 Å². The Morgan fingerprint density at radius 3 is 2.43 bits per heavy atom. The Labute approximate surface area is 130 Å². The van der Waals surface area contributed by atoms with Crippen LogP contribution in [0, 0.1) is 0 Å². The maximum Gasteiger partial charge on any atom is 0.306 e. The van der Waals surface area contributed by atoms with E-state index in [0.717, 1.165) is 31.5 Å². The Morgan fingerprint density at radius 1 is 1.24 bits per heavy atom. The molecule has 21 heavy (non-hydrogen) atoms. The van der Waals surface area contributed by atoms with E-state index in [2.05, 4.69) is 0 Å². The normalized spacial score (nSPS) is 15.8. The van der Waals surface area contributed by atoms with Crippen molar-refractivity contribution in [3.8, 4) is 0 Å².